The molecule has 0 amide bonds. The van der Waals surface area contributed by atoms with Crippen molar-refractivity contribution < 1.29 is 14.1 Å². The maximum atomic E-state index is 14.0. The third-order valence-electron chi connectivity index (χ3n) is 4.19. The predicted octanol–water partition coefficient (Wildman–Crippen LogP) is 4.12. The van der Waals surface area contributed by atoms with Crippen LogP contribution in [0.1, 0.15) is 39.0 Å². The van der Waals surface area contributed by atoms with Gasteiger partial charge in [0.25, 0.3) is 0 Å². The molecule has 0 spiro atoms. The monoisotopic (exact) mass is 296 g/mol. The molecule has 0 aromatic heterocycles. The van der Waals surface area contributed by atoms with Crippen LogP contribution in [0.25, 0.3) is 0 Å². The highest BCUT2D eigenvalue weighted by atomic mass is 19.1. The number of nitrogens with zero attached hydrogens (tertiary/aromatic N) is 1. The van der Waals surface area contributed by atoms with Gasteiger partial charge >= 0.3 is 5.69 Å². The molecule has 2 rings (SSSR count). The quantitative estimate of drug-likeness (QED) is 0.655. The summed E-state index contributed by atoms with van der Waals surface area (Å²) >= 11 is 0. The summed E-state index contributed by atoms with van der Waals surface area (Å²) in [4.78, 5) is 10.2. The average molecular weight is 296 g/mol. The smallest absolute Gasteiger partial charge is 0.313 e. The number of nitro benzene ring substituents is 1. The van der Waals surface area contributed by atoms with Gasteiger partial charge in [-0.3, -0.25) is 10.1 Å². The lowest BCUT2D eigenvalue weighted by Crippen LogP contribution is -2.27. The van der Waals surface area contributed by atoms with Gasteiger partial charge in [-0.15, -0.1) is 0 Å². The van der Waals surface area contributed by atoms with Crippen LogP contribution in [-0.4, -0.2) is 18.1 Å². The highest BCUT2D eigenvalue weighted by molar-refractivity contribution is 5.59. The third-order valence-corrected chi connectivity index (χ3v) is 4.19. The minimum atomic E-state index is -0.639. The van der Waals surface area contributed by atoms with Crippen LogP contribution in [0.4, 0.5) is 15.8 Å². The van der Waals surface area contributed by atoms with Crippen LogP contribution < -0.4 is 10.1 Å². The second kappa shape index (κ2) is 6.74. The van der Waals surface area contributed by atoms with Crippen molar-refractivity contribution in [3.05, 3.63) is 28.1 Å². The van der Waals surface area contributed by atoms with Crippen LogP contribution in [0.2, 0.25) is 0 Å². The van der Waals surface area contributed by atoms with Crippen LogP contribution in [0.5, 0.6) is 5.75 Å². The number of hydrogen-bond donors (Lipinski definition) is 1. The standard InChI is InChI=1S/C15H21FN2O3/c1-3-10-5-4-6-11(7-10)17-13-9-15(21-2)14(18(19)20)8-12(13)16/h8-11,17H,3-7H2,1-2H3. The van der Waals surface area contributed by atoms with Gasteiger partial charge in [0.1, 0.15) is 0 Å². The molecule has 1 aromatic rings. The number of nitrogens with one attached hydrogen (secondary N) is 1. The Kier molecular flexibility index (Phi) is 4.98. The Morgan fingerprint density at radius 2 is 2.24 bits per heavy atom. The second-order valence-electron chi connectivity index (χ2n) is 5.54. The summed E-state index contributed by atoms with van der Waals surface area (Å²) < 4.78 is 19.0. The fourth-order valence-corrected chi connectivity index (χ4v) is 2.97. The maximum Gasteiger partial charge on any atom is 0.313 e. The van der Waals surface area contributed by atoms with Crippen LogP contribution in [0, 0.1) is 21.8 Å². The number of anilines is 1. The fourth-order valence-electron chi connectivity index (χ4n) is 2.97. The average Bonchev–Trinajstić information content (AvgIpc) is 2.49. The molecule has 2 atom stereocenters. The van der Waals surface area contributed by atoms with Crippen molar-refractivity contribution in [2.75, 3.05) is 12.4 Å². The second-order valence-corrected chi connectivity index (χ2v) is 5.54. The van der Waals surface area contributed by atoms with Crippen LogP contribution in [0.15, 0.2) is 12.1 Å². The van der Waals surface area contributed by atoms with Gasteiger partial charge in [0.05, 0.1) is 23.8 Å². The van der Waals surface area contributed by atoms with E-state index in [0.717, 1.165) is 31.7 Å². The Morgan fingerprint density at radius 1 is 1.48 bits per heavy atom. The maximum absolute atomic E-state index is 14.0. The van der Waals surface area contributed by atoms with Crippen molar-refractivity contribution >= 4 is 11.4 Å². The van der Waals surface area contributed by atoms with E-state index in [9.17, 15) is 14.5 Å². The zero-order valence-electron chi connectivity index (χ0n) is 12.4. The van der Waals surface area contributed by atoms with E-state index in [1.54, 1.807) is 0 Å². The van der Waals surface area contributed by atoms with E-state index >= 15 is 0 Å². The van der Waals surface area contributed by atoms with Gasteiger partial charge in [-0.05, 0) is 18.8 Å². The van der Waals surface area contributed by atoms with Crippen LogP contribution in [-0.2, 0) is 0 Å². The largest absolute Gasteiger partial charge is 0.490 e. The van der Waals surface area contributed by atoms with Gasteiger partial charge in [-0.1, -0.05) is 26.2 Å². The summed E-state index contributed by atoms with van der Waals surface area (Å²) in [6, 6.07) is 2.51. The lowest BCUT2D eigenvalue weighted by atomic mass is 9.84. The van der Waals surface area contributed by atoms with Crippen molar-refractivity contribution in [1.82, 2.24) is 0 Å². The zero-order chi connectivity index (χ0) is 15.4. The number of nitro groups is 1. The highest BCUT2D eigenvalue weighted by Gasteiger charge is 2.24. The van der Waals surface area contributed by atoms with Gasteiger partial charge in [0.2, 0.25) is 0 Å². The third kappa shape index (κ3) is 3.62. The number of benzene rings is 1. The Labute approximate surface area is 123 Å². The van der Waals surface area contributed by atoms with E-state index in [4.69, 9.17) is 4.74 Å². The minimum Gasteiger partial charge on any atom is -0.490 e. The van der Waals surface area contributed by atoms with E-state index in [-0.39, 0.29) is 23.2 Å². The summed E-state index contributed by atoms with van der Waals surface area (Å²) in [6.07, 6.45) is 5.48. The predicted molar refractivity (Wildman–Crippen MR) is 79.3 cm³/mol. The highest BCUT2D eigenvalue weighted by Crippen LogP contribution is 2.34. The summed E-state index contributed by atoms with van der Waals surface area (Å²) in [6.45, 7) is 2.17. The van der Waals surface area contributed by atoms with E-state index in [0.29, 0.717) is 5.92 Å². The normalized spacial score (nSPS) is 21.9. The molecule has 0 aliphatic heterocycles. The van der Waals surface area contributed by atoms with Crippen molar-refractivity contribution in [2.24, 2.45) is 5.92 Å². The molecule has 0 saturated heterocycles. The van der Waals surface area contributed by atoms with Gasteiger partial charge in [0.15, 0.2) is 11.6 Å². The fraction of sp³-hybridized carbons (Fsp3) is 0.600. The van der Waals surface area contributed by atoms with Gasteiger partial charge in [0, 0.05) is 12.1 Å². The van der Waals surface area contributed by atoms with Crippen molar-refractivity contribution in [3.8, 4) is 5.75 Å². The Balaban J connectivity index is 2.18. The molecule has 0 radical (unpaired) electrons. The van der Waals surface area contributed by atoms with Crippen molar-refractivity contribution in [2.45, 2.75) is 45.1 Å². The van der Waals surface area contributed by atoms with Crippen molar-refractivity contribution in [3.63, 3.8) is 0 Å². The van der Waals surface area contributed by atoms with Crippen molar-refractivity contribution in [1.29, 1.82) is 0 Å². The molecule has 6 heteroatoms. The summed E-state index contributed by atoms with van der Waals surface area (Å²) in [7, 11) is 1.34. The summed E-state index contributed by atoms with van der Waals surface area (Å²) in [5, 5.41) is 14.0. The molecule has 0 heterocycles. The topological polar surface area (TPSA) is 64.4 Å². The molecule has 2 unspecified atom stereocenters. The molecular formula is C15H21FN2O3. The molecule has 1 N–H and O–H groups in total. The van der Waals surface area contributed by atoms with Crippen LogP contribution >= 0.6 is 0 Å². The minimum absolute atomic E-state index is 0.0757. The lowest BCUT2D eigenvalue weighted by Gasteiger charge is -2.30. The molecule has 1 aliphatic rings. The van der Waals surface area contributed by atoms with E-state index < -0.39 is 10.7 Å². The molecule has 1 fully saturated rings. The van der Waals surface area contributed by atoms with Gasteiger partial charge in [-0.2, -0.15) is 0 Å². The SMILES string of the molecule is CCC1CCCC(Nc2cc(OC)c([N+](=O)[O-])cc2F)C1. The lowest BCUT2D eigenvalue weighted by molar-refractivity contribution is -0.385. The molecule has 21 heavy (non-hydrogen) atoms. The Morgan fingerprint density at radius 3 is 2.86 bits per heavy atom. The number of hydrogen-bond acceptors (Lipinski definition) is 4. The van der Waals surface area contributed by atoms with E-state index in [1.807, 2.05) is 0 Å². The van der Waals surface area contributed by atoms with E-state index in [2.05, 4.69) is 12.2 Å². The number of halogens is 1. The first-order valence-corrected chi connectivity index (χ1v) is 7.33. The van der Waals surface area contributed by atoms with Gasteiger partial charge in [-0.25, -0.2) is 4.39 Å². The molecule has 0 bridgehead atoms. The first-order chi connectivity index (χ1) is 10.0. The van der Waals surface area contributed by atoms with Crippen LogP contribution in [0.3, 0.4) is 0 Å². The first kappa shape index (κ1) is 15.5. The zero-order valence-corrected chi connectivity index (χ0v) is 12.4. The van der Waals surface area contributed by atoms with Gasteiger partial charge < -0.3 is 10.1 Å². The number of rotatable bonds is 5. The molecule has 1 saturated carbocycles. The summed E-state index contributed by atoms with van der Waals surface area (Å²) in [5.41, 5.74) is -0.0742. The molecule has 116 valence electrons. The number of ether oxygens (including phenoxy) is 1. The Bertz CT molecular complexity index is 522. The molecule has 5 nitrogen and oxygen atoms in total. The number of methoxy groups -OCH3 is 1. The van der Waals surface area contributed by atoms with E-state index in [1.165, 1.54) is 19.6 Å². The molecule has 1 aliphatic carbocycles. The Hall–Kier alpha value is -1.85. The molecule has 1 aromatic carbocycles. The summed E-state index contributed by atoms with van der Waals surface area (Å²) in [5.74, 6) is 0.132. The first-order valence-electron chi connectivity index (χ1n) is 7.33. The molecular weight excluding hydrogens is 275 g/mol.